The van der Waals surface area contributed by atoms with E-state index in [2.05, 4.69) is 24.0 Å². The summed E-state index contributed by atoms with van der Waals surface area (Å²) in [5.74, 6) is 0.563. The number of aryl methyl sites for hydroxylation is 2. The summed E-state index contributed by atoms with van der Waals surface area (Å²) in [6.45, 7) is 3.01. The Bertz CT molecular complexity index is 662. The number of carbonyl (C=O) groups excluding carboxylic acids is 1. The molecule has 4 heteroatoms. The predicted octanol–water partition coefficient (Wildman–Crippen LogP) is 4.45. The lowest BCUT2D eigenvalue weighted by Gasteiger charge is -2.24. The molecular formula is C19H23NO2S. The van der Waals surface area contributed by atoms with Crippen molar-refractivity contribution in [3.8, 4) is 5.75 Å². The maximum absolute atomic E-state index is 12.6. The number of phenolic OH excluding ortho intramolecular Hbond substituents is 1. The molecule has 0 saturated carbocycles. The van der Waals surface area contributed by atoms with Crippen LogP contribution in [0.4, 0.5) is 0 Å². The van der Waals surface area contributed by atoms with Crippen molar-refractivity contribution in [1.29, 1.82) is 0 Å². The van der Waals surface area contributed by atoms with Gasteiger partial charge in [0.1, 0.15) is 5.75 Å². The van der Waals surface area contributed by atoms with Gasteiger partial charge < -0.3 is 10.0 Å². The Hall–Kier alpha value is -1.81. The second-order valence-electron chi connectivity index (χ2n) is 6.21. The Morgan fingerprint density at radius 2 is 2.04 bits per heavy atom. The van der Waals surface area contributed by atoms with Gasteiger partial charge in [0.05, 0.1) is 6.04 Å². The van der Waals surface area contributed by atoms with Gasteiger partial charge in [0.25, 0.3) is 0 Å². The second-order valence-corrected chi connectivity index (χ2v) is 7.53. The van der Waals surface area contributed by atoms with Crippen molar-refractivity contribution in [2.24, 2.45) is 0 Å². The Labute approximate surface area is 141 Å². The minimum absolute atomic E-state index is 0.275. The number of phenols is 1. The summed E-state index contributed by atoms with van der Waals surface area (Å²) in [6.07, 6.45) is 4.52. The first-order valence-electron chi connectivity index (χ1n) is 8.27. The average molecular weight is 329 g/mol. The van der Waals surface area contributed by atoms with E-state index in [1.807, 2.05) is 23.5 Å². The number of likely N-dealkylation sites (tertiary alicyclic amines) is 1. The summed E-state index contributed by atoms with van der Waals surface area (Å²) in [5.41, 5.74) is 1.17. The van der Waals surface area contributed by atoms with Crippen LogP contribution in [-0.2, 0) is 11.2 Å². The molecule has 1 saturated heterocycles. The normalized spacial score (nSPS) is 17.6. The highest BCUT2D eigenvalue weighted by Crippen LogP contribution is 2.36. The van der Waals surface area contributed by atoms with Crippen LogP contribution in [0, 0.1) is 6.92 Å². The number of thiophene rings is 1. The molecule has 1 fully saturated rings. The number of hydrogen-bond acceptors (Lipinski definition) is 3. The number of nitrogens with zero attached hydrogens (tertiary/aromatic N) is 1. The SMILES string of the molecule is Cc1ccc([C@H]2CCCN2C(=O)CCCc2ccc(O)cc2)s1. The van der Waals surface area contributed by atoms with Crippen LogP contribution in [0.1, 0.15) is 47.0 Å². The van der Waals surface area contributed by atoms with Crippen molar-refractivity contribution in [3.63, 3.8) is 0 Å². The number of aromatic hydroxyl groups is 1. The average Bonchev–Trinajstić information content (AvgIpc) is 3.17. The monoisotopic (exact) mass is 329 g/mol. The zero-order valence-electron chi connectivity index (χ0n) is 13.5. The summed E-state index contributed by atoms with van der Waals surface area (Å²) in [5, 5.41) is 9.29. The van der Waals surface area contributed by atoms with Crippen LogP contribution in [0.2, 0.25) is 0 Å². The third kappa shape index (κ3) is 3.94. The Morgan fingerprint density at radius 3 is 2.74 bits per heavy atom. The van der Waals surface area contributed by atoms with E-state index >= 15 is 0 Å². The van der Waals surface area contributed by atoms with Crippen LogP contribution in [0.3, 0.4) is 0 Å². The third-order valence-electron chi connectivity index (χ3n) is 4.46. The van der Waals surface area contributed by atoms with Crippen molar-refractivity contribution < 1.29 is 9.90 Å². The molecule has 1 amide bonds. The maximum Gasteiger partial charge on any atom is 0.223 e. The van der Waals surface area contributed by atoms with E-state index in [4.69, 9.17) is 0 Å². The lowest BCUT2D eigenvalue weighted by Crippen LogP contribution is -2.30. The molecule has 0 spiro atoms. The molecule has 1 atom stereocenters. The molecule has 1 aliphatic rings. The van der Waals surface area contributed by atoms with Gasteiger partial charge >= 0.3 is 0 Å². The Balaban J connectivity index is 1.54. The van der Waals surface area contributed by atoms with Gasteiger partial charge in [0, 0.05) is 22.7 Å². The quantitative estimate of drug-likeness (QED) is 0.880. The number of hydrogen-bond donors (Lipinski definition) is 1. The zero-order valence-corrected chi connectivity index (χ0v) is 14.3. The van der Waals surface area contributed by atoms with Crippen LogP contribution >= 0.6 is 11.3 Å². The Kier molecular flexibility index (Phi) is 5.01. The minimum Gasteiger partial charge on any atom is -0.508 e. The molecule has 1 aliphatic heterocycles. The first kappa shape index (κ1) is 16.1. The van der Waals surface area contributed by atoms with Crippen LogP contribution in [-0.4, -0.2) is 22.5 Å². The van der Waals surface area contributed by atoms with E-state index in [0.29, 0.717) is 6.42 Å². The summed E-state index contributed by atoms with van der Waals surface area (Å²) >= 11 is 1.81. The molecule has 0 bridgehead atoms. The highest BCUT2D eigenvalue weighted by atomic mass is 32.1. The summed E-state index contributed by atoms with van der Waals surface area (Å²) < 4.78 is 0. The maximum atomic E-state index is 12.6. The molecule has 3 nitrogen and oxygen atoms in total. The zero-order chi connectivity index (χ0) is 16.2. The van der Waals surface area contributed by atoms with Gasteiger partial charge in [-0.2, -0.15) is 0 Å². The lowest BCUT2D eigenvalue weighted by molar-refractivity contribution is -0.132. The smallest absolute Gasteiger partial charge is 0.223 e. The molecule has 0 aliphatic carbocycles. The van der Waals surface area contributed by atoms with Crippen LogP contribution in [0.5, 0.6) is 5.75 Å². The molecule has 1 aromatic heterocycles. The van der Waals surface area contributed by atoms with Gasteiger partial charge in [-0.1, -0.05) is 12.1 Å². The number of amides is 1. The topological polar surface area (TPSA) is 40.5 Å². The van der Waals surface area contributed by atoms with Crippen LogP contribution in [0.15, 0.2) is 36.4 Å². The molecule has 1 aromatic carbocycles. The molecule has 2 aromatic rings. The van der Waals surface area contributed by atoms with Gasteiger partial charge in [0.2, 0.25) is 5.91 Å². The fourth-order valence-corrected chi connectivity index (χ4v) is 4.27. The molecule has 1 N–H and O–H groups in total. The van der Waals surface area contributed by atoms with Gasteiger partial charge in [-0.3, -0.25) is 4.79 Å². The number of benzene rings is 1. The molecule has 122 valence electrons. The lowest BCUT2D eigenvalue weighted by atomic mass is 10.1. The van der Waals surface area contributed by atoms with E-state index in [-0.39, 0.29) is 17.7 Å². The van der Waals surface area contributed by atoms with Gasteiger partial charge in [-0.15, -0.1) is 11.3 Å². The number of rotatable bonds is 5. The second kappa shape index (κ2) is 7.18. The van der Waals surface area contributed by atoms with Crippen molar-refractivity contribution in [2.45, 2.75) is 45.1 Å². The van der Waals surface area contributed by atoms with Gasteiger partial charge in [-0.05, 0) is 62.4 Å². The van der Waals surface area contributed by atoms with Crippen LogP contribution < -0.4 is 0 Å². The van der Waals surface area contributed by atoms with E-state index < -0.39 is 0 Å². The molecule has 0 radical (unpaired) electrons. The summed E-state index contributed by atoms with van der Waals surface area (Å²) in [7, 11) is 0. The molecule has 23 heavy (non-hydrogen) atoms. The molecule has 0 unspecified atom stereocenters. The van der Waals surface area contributed by atoms with Crippen molar-refractivity contribution in [1.82, 2.24) is 4.90 Å². The fourth-order valence-electron chi connectivity index (χ4n) is 3.24. The molecule has 3 rings (SSSR count). The van der Waals surface area contributed by atoms with Crippen molar-refractivity contribution >= 4 is 17.2 Å². The van der Waals surface area contributed by atoms with Gasteiger partial charge in [-0.25, -0.2) is 0 Å². The highest BCUT2D eigenvalue weighted by Gasteiger charge is 2.30. The molecular weight excluding hydrogens is 306 g/mol. The Morgan fingerprint density at radius 1 is 1.26 bits per heavy atom. The standard InChI is InChI=1S/C19H23NO2S/c1-14-7-12-18(23-14)17-5-3-13-20(17)19(22)6-2-4-15-8-10-16(21)11-9-15/h7-12,17,21H,2-6,13H2,1H3/t17-/m1/s1. The number of carbonyl (C=O) groups is 1. The van der Waals surface area contributed by atoms with E-state index in [0.717, 1.165) is 32.2 Å². The molecule has 2 heterocycles. The first-order chi connectivity index (χ1) is 11.1. The van der Waals surface area contributed by atoms with E-state index in [9.17, 15) is 9.90 Å². The van der Waals surface area contributed by atoms with E-state index in [1.54, 1.807) is 12.1 Å². The van der Waals surface area contributed by atoms with Crippen LogP contribution in [0.25, 0.3) is 0 Å². The predicted molar refractivity (Wildman–Crippen MR) is 93.8 cm³/mol. The van der Waals surface area contributed by atoms with Crippen molar-refractivity contribution in [2.75, 3.05) is 6.54 Å². The first-order valence-corrected chi connectivity index (χ1v) is 9.09. The van der Waals surface area contributed by atoms with Crippen molar-refractivity contribution in [3.05, 3.63) is 51.7 Å². The minimum atomic E-state index is 0.275. The third-order valence-corrected chi connectivity index (χ3v) is 5.56. The van der Waals surface area contributed by atoms with Gasteiger partial charge in [0.15, 0.2) is 0 Å². The summed E-state index contributed by atoms with van der Waals surface area (Å²) in [6, 6.07) is 11.9. The van der Waals surface area contributed by atoms with E-state index in [1.165, 1.54) is 15.3 Å². The largest absolute Gasteiger partial charge is 0.508 e. The summed E-state index contributed by atoms with van der Waals surface area (Å²) in [4.78, 5) is 17.3. The highest BCUT2D eigenvalue weighted by molar-refractivity contribution is 7.12. The fraction of sp³-hybridized carbons (Fsp3) is 0.421.